The number of rotatable bonds is 2. The lowest BCUT2D eigenvalue weighted by atomic mass is 9.87. The summed E-state index contributed by atoms with van der Waals surface area (Å²) in [4.78, 5) is 4.55. The lowest BCUT2D eigenvalue weighted by Crippen LogP contribution is -2.26. The van der Waals surface area contributed by atoms with Crippen LogP contribution in [0.15, 0.2) is 28.8 Å². The van der Waals surface area contributed by atoms with Crippen LogP contribution in [0.2, 0.25) is 0 Å². The molecule has 0 fully saturated rings. The Hall–Kier alpha value is -1.68. The van der Waals surface area contributed by atoms with Crippen LogP contribution in [0, 0.1) is 5.41 Å². The Balaban J connectivity index is 1.89. The van der Waals surface area contributed by atoms with E-state index in [0.717, 1.165) is 18.7 Å². The summed E-state index contributed by atoms with van der Waals surface area (Å²) in [5, 5.41) is 4.17. The second-order valence-corrected chi connectivity index (χ2v) is 6.62. The van der Waals surface area contributed by atoms with E-state index in [2.05, 4.69) is 55.2 Å². The van der Waals surface area contributed by atoms with Crippen LogP contribution < -0.4 is 5.73 Å². The summed E-state index contributed by atoms with van der Waals surface area (Å²) in [6.07, 6.45) is 2.12. The second kappa shape index (κ2) is 4.70. The number of nitrogens with zero attached hydrogens (tertiary/aromatic N) is 2. The van der Waals surface area contributed by atoms with Crippen LogP contribution in [-0.2, 0) is 6.42 Å². The van der Waals surface area contributed by atoms with Gasteiger partial charge in [-0.15, -0.1) is 0 Å². The molecule has 1 aliphatic carbocycles. The molecule has 4 heteroatoms. The number of aryl methyl sites for hydroxylation is 1. The summed E-state index contributed by atoms with van der Waals surface area (Å²) in [6, 6.07) is 8.25. The van der Waals surface area contributed by atoms with Gasteiger partial charge in [-0.1, -0.05) is 50.2 Å². The van der Waals surface area contributed by atoms with Gasteiger partial charge in [0.25, 0.3) is 0 Å². The molecule has 0 aliphatic heterocycles. The molecule has 1 aliphatic rings. The van der Waals surface area contributed by atoms with E-state index in [1.165, 1.54) is 11.1 Å². The summed E-state index contributed by atoms with van der Waals surface area (Å²) in [7, 11) is 0. The molecule has 2 N–H and O–H groups in total. The predicted octanol–water partition coefficient (Wildman–Crippen LogP) is 3.19. The number of nitrogens with two attached hydrogens (primary N) is 1. The summed E-state index contributed by atoms with van der Waals surface area (Å²) >= 11 is 0. The molecule has 0 saturated heterocycles. The topological polar surface area (TPSA) is 64.9 Å². The minimum atomic E-state index is -0.236. The molecule has 0 spiro atoms. The summed E-state index contributed by atoms with van der Waals surface area (Å²) in [5.41, 5.74) is 8.81. The van der Waals surface area contributed by atoms with Gasteiger partial charge in [-0.25, -0.2) is 0 Å². The van der Waals surface area contributed by atoms with Gasteiger partial charge in [0.2, 0.25) is 5.89 Å². The van der Waals surface area contributed by atoms with E-state index < -0.39 is 0 Å². The highest BCUT2D eigenvalue weighted by Gasteiger charge is 2.31. The third-order valence-electron chi connectivity index (χ3n) is 4.10. The minimum absolute atomic E-state index is 0.0859. The Bertz CT molecular complexity index is 612. The molecule has 2 unspecified atom stereocenters. The molecular weight excluding hydrogens is 250 g/mol. The first-order valence-corrected chi connectivity index (χ1v) is 7.13. The van der Waals surface area contributed by atoms with Gasteiger partial charge in [0, 0.05) is 5.92 Å². The first-order chi connectivity index (χ1) is 9.47. The van der Waals surface area contributed by atoms with Crippen LogP contribution in [0.25, 0.3) is 0 Å². The minimum Gasteiger partial charge on any atom is -0.338 e. The Morgan fingerprint density at radius 1 is 1.30 bits per heavy atom. The lowest BCUT2D eigenvalue weighted by molar-refractivity contribution is 0.252. The standard InChI is InChI=1S/C16H21N3O/c1-16(2,3)13(17)15-18-14(19-20-15)12-9-8-10-6-4-5-7-11(10)12/h4-7,12-13H,8-9,17H2,1-3H3. The van der Waals surface area contributed by atoms with Gasteiger partial charge in [0.05, 0.1) is 6.04 Å². The van der Waals surface area contributed by atoms with Gasteiger partial charge in [-0.2, -0.15) is 4.98 Å². The van der Waals surface area contributed by atoms with Crippen LogP contribution in [0.5, 0.6) is 0 Å². The average molecular weight is 271 g/mol. The van der Waals surface area contributed by atoms with Crippen LogP contribution >= 0.6 is 0 Å². The van der Waals surface area contributed by atoms with E-state index in [0.29, 0.717) is 5.89 Å². The van der Waals surface area contributed by atoms with Crippen molar-refractivity contribution in [3.63, 3.8) is 0 Å². The van der Waals surface area contributed by atoms with Crippen LogP contribution in [0.1, 0.15) is 62.0 Å². The number of hydrogen-bond acceptors (Lipinski definition) is 4. The van der Waals surface area contributed by atoms with Crippen LogP contribution in [0.3, 0.4) is 0 Å². The van der Waals surface area contributed by atoms with E-state index in [1.54, 1.807) is 0 Å². The van der Waals surface area contributed by atoms with Crippen molar-refractivity contribution in [1.82, 2.24) is 10.1 Å². The second-order valence-electron chi connectivity index (χ2n) is 6.62. The fourth-order valence-corrected chi connectivity index (χ4v) is 2.71. The van der Waals surface area contributed by atoms with Gasteiger partial charge in [0.15, 0.2) is 5.82 Å². The molecule has 1 aromatic carbocycles. The average Bonchev–Trinajstić information content (AvgIpc) is 3.02. The fraction of sp³-hybridized carbons (Fsp3) is 0.500. The van der Waals surface area contributed by atoms with Crippen molar-refractivity contribution in [2.24, 2.45) is 11.1 Å². The maximum absolute atomic E-state index is 6.18. The van der Waals surface area contributed by atoms with E-state index in [-0.39, 0.29) is 17.4 Å². The van der Waals surface area contributed by atoms with Gasteiger partial charge in [-0.3, -0.25) is 0 Å². The van der Waals surface area contributed by atoms with Gasteiger partial charge >= 0.3 is 0 Å². The maximum Gasteiger partial charge on any atom is 0.244 e. The Kier molecular flexibility index (Phi) is 3.13. The van der Waals surface area contributed by atoms with Crippen molar-refractivity contribution in [3.05, 3.63) is 47.1 Å². The molecule has 2 aromatic rings. The van der Waals surface area contributed by atoms with Gasteiger partial charge in [-0.05, 0) is 29.4 Å². The third-order valence-corrected chi connectivity index (χ3v) is 4.10. The van der Waals surface area contributed by atoms with E-state index >= 15 is 0 Å². The first-order valence-electron chi connectivity index (χ1n) is 7.13. The molecule has 3 rings (SSSR count). The van der Waals surface area contributed by atoms with E-state index in [4.69, 9.17) is 10.3 Å². The van der Waals surface area contributed by atoms with Crippen molar-refractivity contribution in [2.45, 2.75) is 45.6 Å². The Morgan fingerprint density at radius 2 is 2.05 bits per heavy atom. The zero-order valence-corrected chi connectivity index (χ0v) is 12.3. The molecule has 0 saturated carbocycles. The third kappa shape index (κ3) is 2.24. The van der Waals surface area contributed by atoms with Gasteiger partial charge in [0.1, 0.15) is 0 Å². The molecule has 0 amide bonds. The van der Waals surface area contributed by atoms with Crippen molar-refractivity contribution >= 4 is 0 Å². The predicted molar refractivity (Wildman–Crippen MR) is 77.3 cm³/mol. The quantitative estimate of drug-likeness (QED) is 0.911. The maximum atomic E-state index is 6.18. The molecule has 0 radical (unpaired) electrons. The summed E-state index contributed by atoms with van der Waals surface area (Å²) < 4.78 is 5.39. The summed E-state index contributed by atoms with van der Waals surface area (Å²) in [6.45, 7) is 6.23. The molecule has 1 aromatic heterocycles. The molecule has 4 nitrogen and oxygen atoms in total. The molecule has 1 heterocycles. The zero-order valence-electron chi connectivity index (χ0n) is 12.3. The molecule has 20 heavy (non-hydrogen) atoms. The number of hydrogen-bond donors (Lipinski definition) is 1. The monoisotopic (exact) mass is 271 g/mol. The number of fused-ring (bicyclic) bond motifs is 1. The van der Waals surface area contributed by atoms with Gasteiger partial charge < -0.3 is 10.3 Å². The number of benzene rings is 1. The molecule has 0 bridgehead atoms. The first kappa shape index (κ1) is 13.3. The Morgan fingerprint density at radius 3 is 2.80 bits per heavy atom. The largest absolute Gasteiger partial charge is 0.338 e. The fourth-order valence-electron chi connectivity index (χ4n) is 2.71. The van der Waals surface area contributed by atoms with Crippen molar-refractivity contribution < 1.29 is 4.52 Å². The van der Waals surface area contributed by atoms with Crippen molar-refractivity contribution in [2.75, 3.05) is 0 Å². The molecular formula is C16H21N3O. The van der Waals surface area contributed by atoms with E-state index in [1.807, 2.05) is 0 Å². The highest BCUT2D eigenvalue weighted by Crippen LogP contribution is 2.37. The van der Waals surface area contributed by atoms with Crippen LogP contribution in [-0.4, -0.2) is 10.1 Å². The SMILES string of the molecule is CC(C)(C)C(N)c1nc(C2CCc3ccccc32)no1. The highest BCUT2D eigenvalue weighted by molar-refractivity contribution is 5.38. The smallest absolute Gasteiger partial charge is 0.244 e. The van der Waals surface area contributed by atoms with Crippen molar-refractivity contribution in [3.8, 4) is 0 Å². The lowest BCUT2D eigenvalue weighted by Gasteiger charge is -2.23. The summed E-state index contributed by atoms with van der Waals surface area (Å²) in [5.74, 6) is 1.55. The molecule has 106 valence electrons. The number of aromatic nitrogens is 2. The zero-order chi connectivity index (χ0) is 14.3. The van der Waals surface area contributed by atoms with Crippen molar-refractivity contribution in [1.29, 1.82) is 0 Å². The highest BCUT2D eigenvalue weighted by atomic mass is 16.5. The van der Waals surface area contributed by atoms with E-state index in [9.17, 15) is 0 Å². The van der Waals surface area contributed by atoms with Crippen LogP contribution in [0.4, 0.5) is 0 Å². The normalized spacial score (nSPS) is 19.9. The Labute approximate surface area is 119 Å². The molecule has 2 atom stereocenters.